The predicted molar refractivity (Wildman–Crippen MR) is 127 cm³/mol. The predicted octanol–water partition coefficient (Wildman–Crippen LogP) is 5.14. The molecule has 0 spiro atoms. The zero-order valence-electron chi connectivity index (χ0n) is 17.9. The SMILES string of the molecule is COCCOc1ccc(-c2c(C#N)c(N)nc(SCc3ccc4ccoc4c3)c2C#N)cc1. The molecule has 0 fully saturated rings. The van der Waals surface area contributed by atoms with E-state index in [1.807, 2.05) is 24.3 Å². The van der Waals surface area contributed by atoms with Crippen LogP contribution in [0.2, 0.25) is 0 Å². The highest BCUT2D eigenvalue weighted by Crippen LogP contribution is 2.37. The Kier molecular flexibility index (Phi) is 6.80. The zero-order valence-corrected chi connectivity index (χ0v) is 18.7. The third-order valence-electron chi connectivity index (χ3n) is 5.01. The van der Waals surface area contributed by atoms with Crippen molar-refractivity contribution in [3.05, 3.63) is 71.5 Å². The van der Waals surface area contributed by atoms with Crippen molar-refractivity contribution in [3.8, 4) is 29.0 Å². The lowest BCUT2D eigenvalue weighted by atomic mass is 9.97. The Morgan fingerprint density at radius 1 is 1.03 bits per heavy atom. The van der Waals surface area contributed by atoms with Crippen molar-refractivity contribution in [2.24, 2.45) is 0 Å². The first-order chi connectivity index (χ1) is 16.1. The van der Waals surface area contributed by atoms with Crippen molar-refractivity contribution in [1.82, 2.24) is 4.98 Å². The second-order valence-corrected chi connectivity index (χ2v) is 8.06. The van der Waals surface area contributed by atoms with E-state index in [1.54, 1.807) is 37.6 Å². The fourth-order valence-electron chi connectivity index (χ4n) is 3.39. The van der Waals surface area contributed by atoms with Gasteiger partial charge in [0.15, 0.2) is 0 Å². The van der Waals surface area contributed by atoms with E-state index >= 15 is 0 Å². The molecule has 2 heterocycles. The molecule has 0 amide bonds. The largest absolute Gasteiger partial charge is 0.491 e. The molecule has 7 nitrogen and oxygen atoms in total. The highest BCUT2D eigenvalue weighted by Gasteiger charge is 2.20. The van der Waals surface area contributed by atoms with E-state index in [9.17, 15) is 10.5 Å². The van der Waals surface area contributed by atoms with Gasteiger partial charge in [0.25, 0.3) is 0 Å². The van der Waals surface area contributed by atoms with E-state index in [2.05, 4.69) is 17.1 Å². The third-order valence-corrected chi connectivity index (χ3v) is 6.06. The molecule has 4 rings (SSSR count). The number of hydrogen-bond donors (Lipinski definition) is 1. The monoisotopic (exact) mass is 456 g/mol. The number of nitrogens with two attached hydrogens (primary N) is 1. The number of benzene rings is 2. The summed E-state index contributed by atoms with van der Waals surface area (Å²) < 4.78 is 16.1. The number of rotatable bonds is 8. The van der Waals surface area contributed by atoms with Gasteiger partial charge in [-0.15, -0.1) is 11.8 Å². The second kappa shape index (κ2) is 10.1. The molecule has 4 aromatic rings. The molecule has 0 saturated heterocycles. The Balaban J connectivity index is 1.66. The zero-order chi connectivity index (χ0) is 23.2. The van der Waals surface area contributed by atoms with Gasteiger partial charge in [-0.25, -0.2) is 4.98 Å². The van der Waals surface area contributed by atoms with E-state index in [4.69, 9.17) is 19.6 Å². The van der Waals surface area contributed by atoms with Gasteiger partial charge >= 0.3 is 0 Å². The third kappa shape index (κ3) is 4.78. The highest BCUT2D eigenvalue weighted by atomic mass is 32.2. The van der Waals surface area contributed by atoms with Gasteiger partial charge in [-0.1, -0.05) is 24.3 Å². The molecule has 0 radical (unpaired) electrons. The standard InChI is InChI=1S/C25H20N4O3S/c1-30-10-11-31-19-6-4-18(5-7-19)23-20(13-26)24(28)29-25(21(23)14-27)33-15-16-2-3-17-8-9-32-22(17)12-16/h2-9,12H,10-11,15H2,1H3,(H2,28,29). The first-order valence-corrected chi connectivity index (χ1v) is 11.1. The maximum Gasteiger partial charge on any atom is 0.143 e. The van der Waals surface area contributed by atoms with E-state index in [1.165, 1.54) is 11.8 Å². The lowest BCUT2D eigenvalue weighted by Gasteiger charge is -2.13. The van der Waals surface area contributed by atoms with Crippen LogP contribution in [0.25, 0.3) is 22.1 Å². The Labute approximate surface area is 195 Å². The van der Waals surface area contributed by atoms with Crippen molar-refractivity contribution in [2.45, 2.75) is 10.8 Å². The first-order valence-electron chi connectivity index (χ1n) is 10.1. The van der Waals surface area contributed by atoms with Gasteiger partial charge in [-0.3, -0.25) is 0 Å². The number of nitrogens with zero attached hydrogens (tertiary/aromatic N) is 3. The lowest BCUT2D eigenvalue weighted by molar-refractivity contribution is 0.146. The average molecular weight is 457 g/mol. The second-order valence-electron chi connectivity index (χ2n) is 7.10. The number of methoxy groups -OCH3 is 1. The summed E-state index contributed by atoms with van der Waals surface area (Å²) >= 11 is 1.39. The molecule has 0 bridgehead atoms. The van der Waals surface area contributed by atoms with Crippen LogP contribution < -0.4 is 10.5 Å². The van der Waals surface area contributed by atoms with Crippen LogP contribution in [0.3, 0.4) is 0 Å². The smallest absolute Gasteiger partial charge is 0.143 e. The summed E-state index contributed by atoms with van der Waals surface area (Å²) in [5.41, 5.74) is 9.61. The quantitative estimate of drug-likeness (QED) is 0.286. The first kappa shape index (κ1) is 22.2. The van der Waals surface area contributed by atoms with Crippen LogP contribution in [0.15, 0.2) is 64.2 Å². The fraction of sp³-hybridized carbons (Fsp3) is 0.160. The normalized spacial score (nSPS) is 10.6. The molecule has 33 heavy (non-hydrogen) atoms. The molecule has 0 saturated carbocycles. The van der Waals surface area contributed by atoms with Gasteiger partial charge in [0, 0.05) is 23.8 Å². The molecule has 0 aliphatic heterocycles. The van der Waals surface area contributed by atoms with Gasteiger partial charge in [-0.05, 0) is 35.4 Å². The van der Waals surface area contributed by atoms with Gasteiger partial charge in [-0.2, -0.15) is 10.5 Å². The number of anilines is 1. The van der Waals surface area contributed by atoms with E-state index in [-0.39, 0.29) is 11.4 Å². The number of ether oxygens (including phenoxy) is 2. The number of hydrogen-bond acceptors (Lipinski definition) is 8. The van der Waals surface area contributed by atoms with E-state index < -0.39 is 0 Å². The van der Waals surface area contributed by atoms with Gasteiger partial charge in [0.05, 0.1) is 18.4 Å². The number of fused-ring (bicyclic) bond motifs is 1. The summed E-state index contributed by atoms with van der Waals surface area (Å²) in [4.78, 5) is 4.37. The summed E-state index contributed by atoms with van der Waals surface area (Å²) in [6, 6.07) is 19.4. The summed E-state index contributed by atoms with van der Waals surface area (Å²) in [6.07, 6.45) is 1.65. The molecular formula is C25H20N4O3S. The molecular weight excluding hydrogens is 436 g/mol. The summed E-state index contributed by atoms with van der Waals surface area (Å²) in [5, 5.41) is 21.2. The summed E-state index contributed by atoms with van der Waals surface area (Å²) in [5.74, 6) is 1.32. The number of thioether (sulfide) groups is 1. The highest BCUT2D eigenvalue weighted by molar-refractivity contribution is 7.98. The molecule has 2 aromatic heterocycles. The van der Waals surface area contributed by atoms with Crippen LogP contribution in [0, 0.1) is 22.7 Å². The number of pyridine rings is 1. The van der Waals surface area contributed by atoms with E-state index in [0.717, 1.165) is 16.5 Å². The summed E-state index contributed by atoms with van der Waals surface area (Å²) in [7, 11) is 1.61. The number of furan rings is 1. The molecule has 8 heteroatoms. The molecule has 0 aliphatic rings. The minimum atomic E-state index is 0.0934. The minimum Gasteiger partial charge on any atom is -0.491 e. The van der Waals surface area contributed by atoms with Crippen LogP contribution in [-0.2, 0) is 10.5 Å². The molecule has 2 N–H and O–H groups in total. The number of nitrogen functional groups attached to an aromatic ring is 1. The Bertz CT molecular complexity index is 1370. The number of aromatic nitrogens is 1. The van der Waals surface area contributed by atoms with Crippen LogP contribution >= 0.6 is 11.8 Å². The maximum absolute atomic E-state index is 9.97. The van der Waals surface area contributed by atoms with E-state index in [0.29, 0.717) is 46.4 Å². The molecule has 164 valence electrons. The minimum absolute atomic E-state index is 0.0934. The van der Waals surface area contributed by atoms with Crippen molar-refractivity contribution < 1.29 is 13.9 Å². The van der Waals surface area contributed by atoms with Crippen LogP contribution in [0.4, 0.5) is 5.82 Å². The Hall–Kier alpha value is -3.98. The molecule has 0 unspecified atom stereocenters. The van der Waals surface area contributed by atoms with Crippen molar-refractivity contribution >= 4 is 28.5 Å². The number of nitriles is 2. The molecule has 2 aromatic carbocycles. The Morgan fingerprint density at radius 3 is 2.55 bits per heavy atom. The van der Waals surface area contributed by atoms with Crippen molar-refractivity contribution in [3.63, 3.8) is 0 Å². The van der Waals surface area contributed by atoms with Crippen molar-refractivity contribution in [1.29, 1.82) is 10.5 Å². The maximum atomic E-state index is 9.97. The Morgan fingerprint density at radius 2 is 1.82 bits per heavy atom. The van der Waals surface area contributed by atoms with Gasteiger partial charge in [0.2, 0.25) is 0 Å². The van der Waals surface area contributed by atoms with Crippen LogP contribution in [0.1, 0.15) is 16.7 Å². The fourth-order valence-corrected chi connectivity index (χ4v) is 4.33. The van der Waals surface area contributed by atoms with Crippen molar-refractivity contribution in [2.75, 3.05) is 26.1 Å². The van der Waals surface area contributed by atoms with Crippen LogP contribution in [-0.4, -0.2) is 25.3 Å². The molecule has 0 aliphatic carbocycles. The topological polar surface area (TPSA) is 118 Å². The lowest BCUT2D eigenvalue weighted by Crippen LogP contribution is -2.05. The van der Waals surface area contributed by atoms with Gasteiger partial charge < -0.3 is 19.6 Å². The van der Waals surface area contributed by atoms with Crippen LogP contribution in [0.5, 0.6) is 5.75 Å². The average Bonchev–Trinajstić information content (AvgIpc) is 3.31. The van der Waals surface area contributed by atoms with Gasteiger partial charge in [0.1, 0.15) is 46.5 Å². The molecule has 0 atom stereocenters. The summed E-state index contributed by atoms with van der Waals surface area (Å²) in [6.45, 7) is 0.906.